The molecular weight excluding hydrogens is 230 g/mol. The van der Waals surface area contributed by atoms with Gasteiger partial charge in [-0.25, -0.2) is 0 Å². The highest BCUT2D eigenvalue weighted by Crippen LogP contribution is 2.21. The first kappa shape index (κ1) is 15.0. The zero-order valence-corrected chi connectivity index (χ0v) is 11.6. The number of piperidine rings is 1. The lowest BCUT2D eigenvalue weighted by molar-refractivity contribution is -0.136. The highest BCUT2D eigenvalue weighted by atomic mass is 16.2. The average Bonchev–Trinajstić information content (AvgIpc) is 2.35. The summed E-state index contributed by atoms with van der Waals surface area (Å²) in [6.45, 7) is 6.97. The van der Waals surface area contributed by atoms with Crippen molar-refractivity contribution in [3.8, 4) is 0 Å². The largest absolute Gasteiger partial charge is 0.369 e. The fourth-order valence-corrected chi connectivity index (χ4v) is 2.19. The number of rotatable bonds is 5. The molecule has 3 unspecified atom stereocenters. The Morgan fingerprint density at radius 1 is 1.44 bits per heavy atom. The van der Waals surface area contributed by atoms with Crippen LogP contribution in [0.4, 0.5) is 0 Å². The lowest BCUT2D eigenvalue weighted by Gasteiger charge is -2.37. The van der Waals surface area contributed by atoms with E-state index in [1.807, 2.05) is 6.92 Å². The molecule has 1 heterocycles. The molecule has 0 aromatic rings. The van der Waals surface area contributed by atoms with Gasteiger partial charge in [-0.15, -0.1) is 0 Å². The molecule has 0 bridgehead atoms. The average molecular weight is 255 g/mol. The van der Waals surface area contributed by atoms with Crippen LogP contribution in [-0.4, -0.2) is 41.9 Å². The van der Waals surface area contributed by atoms with Gasteiger partial charge in [0.25, 0.3) is 0 Å². The fraction of sp³-hybridized carbons (Fsp3) is 0.846. The second kappa shape index (κ2) is 6.73. The number of carbonyl (C=O) groups is 2. The van der Waals surface area contributed by atoms with Crippen molar-refractivity contribution in [2.24, 2.45) is 11.7 Å². The minimum absolute atomic E-state index is 0.0637. The van der Waals surface area contributed by atoms with Crippen LogP contribution >= 0.6 is 0 Å². The molecule has 0 radical (unpaired) electrons. The first-order valence-electron chi connectivity index (χ1n) is 6.77. The fourth-order valence-electron chi connectivity index (χ4n) is 2.19. The molecule has 0 saturated carbocycles. The van der Waals surface area contributed by atoms with Gasteiger partial charge in [0.05, 0.1) is 12.5 Å². The van der Waals surface area contributed by atoms with Crippen LogP contribution in [0.2, 0.25) is 0 Å². The van der Waals surface area contributed by atoms with Crippen LogP contribution < -0.4 is 11.1 Å². The number of carbonyl (C=O) groups excluding carboxylic acids is 2. The Hall–Kier alpha value is -1.10. The summed E-state index contributed by atoms with van der Waals surface area (Å²) >= 11 is 0. The number of nitrogens with zero attached hydrogens (tertiary/aromatic N) is 1. The van der Waals surface area contributed by atoms with E-state index in [2.05, 4.69) is 19.2 Å². The van der Waals surface area contributed by atoms with Crippen LogP contribution in [0.15, 0.2) is 0 Å². The molecule has 1 fully saturated rings. The van der Waals surface area contributed by atoms with E-state index in [-0.39, 0.29) is 23.8 Å². The van der Waals surface area contributed by atoms with Gasteiger partial charge in [0.1, 0.15) is 0 Å². The summed E-state index contributed by atoms with van der Waals surface area (Å²) in [6.07, 6.45) is 2.63. The van der Waals surface area contributed by atoms with Gasteiger partial charge in [-0.05, 0) is 33.1 Å². The van der Waals surface area contributed by atoms with E-state index in [0.29, 0.717) is 19.1 Å². The number of nitrogens with one attached hydrogen (secondary N) is 1. The first-order chi connectivity index (χ1) is 8.45. The van der Waals surface area contributed by atoms with E-state index in [9.17, 15) is 9.59 Å². The van der Waals surface area contributed by atoms with Crippen molar-refractivity contribution < 1.29 is 9.59 Å². The van der Waals surface area contributed by atoms with Gasteiger partial charge in [-0.2, -0.15) is 0 Å². The quantitative estimate of drug-likeness (QED) is 0.750. The molecule has 5 heteroatoms. The molecule has 1 rings (SSSR count). The SMILES string of the molecule is CCC(C)NCC(=O)N1CC(C(N)=O)CCC1C. The van der Waals surface area contributed by atoms with Crippen molar-refractivity contribution in [1.29, 1.82) is 0 Å². The van der Waals surface area contributed by atoms with Crippen molar-refractivity contribution in [3.05, 3.63) is 0 Å². The van der Waals surface area contributed by atoms with Crippen LogP contribution in [0, 0.1) is 5.92 Å². The lowest BCUT2D eigenvalue weighted by Crippen LogP contribution is -2.51. The Bertz CT molecular complexity index is 307. The van der Waals surface area contributed by atoms with Crippen molar-refractivity contribution >= 4 is 11.8 Å². The first-order valence-corrected chi connectivity index (χ1v) is 6.77. The number of likely N-dealkylation sites (tertiary alicyclic amines) is 1. The minimum atomic E-state index is -0.297. The second-order valence-electron chi connectivity index (χ2n) is 5.26. The molecule has 0 spiro atoms. The molecule has 0 aromatic carbocycles. The molecule has 0 aliphatic carbocycles. The number of nitrogens with two attached hydrogens (primary N) is 1. The molecule has 1 saturated heterocycles. The predicted octanol–water partition coefficient (Wildman–Crippen LogP) is 0.487. The third-order valence-electron chi connectivity index (χ3n) is 3.82. The van der Waals surface area contributed by atoms with Gasteiger partial charge in [0.15, 0.2) is 0 Å². The maximum absolute atomic E-state index is 12.1. The number of hydrogen-bond acceptors (Lipinski definition) is 3. The Morgan fingerprint density at radius 2 is 2.11 bits per heavy atom. The Morgan fingerprint density at radius 3 is 2.67 bits per heavy atom. The van der Waals surface area contributed by atoms with Gasteiger partial charge in [0.2, 0.25) is 11.8 Å². The zero-order valence-electron chi connectivity index (χ0n) is 11.6. The van der Waals surface area contributed by atoms with Crippen molar-refractivity contribution in [1.82, 2.24) is 10.2 Å². The van der Waals surface area contributed by atoms with Crippen LogP contribution in [0.25, 0.3) is 0 Å². The molecule has 1 aliphatic heterocycles. The van der Waals surface area contributed by atoms with E-state index < -0.39 is 0 Å². The topological polar surface area (TPSA) is 75.4 Å². The molecule has 5 nitrogen and oxygen atoms in total. The summed E-state index contributed by atoms with van der Waals surface area (Å²) in [5, 5.41) is 3.19. The smallest absolute Gasteiger partial charge is 0.236 e. The van der Waals surface area contributed by atoms with Crippen LogP contribution in [0.5, 0.6) is 0 Å². The van der Waals surface area contributed by atoms with E-state index >= 15 is 0 Å². The number of amides is 2. The molecule has 2 amide bonds. The molecule has 0 aromatic heterocycles. The van der Waals surface area contributed by atoms with Crippen LogP contribution in [0.1, 0.15) is 40.0 Å². The summed E-state index contributed by atoms with van der Waals surface area (Å²) < 4.78 is 0. The van der Waals surface area contributed by atoms with Crippen molar-refractivity contribution in [2.75, 3.05) is 13.1 Å². The van der Waals surface area contributed by atoms with E-state index in [1.54, 1.807) is 4.90 Å². The third-order valence-corrected chi connectivity index (χ3v) is 3.82. The predicted molar refractivity (Wildman–Crippen MR) is 70.8 cm³/mol. The second-order valence-corrected chi connectivity index (χ2v) is 5.26. The monoisotopic (exact) mass is 255 g/mol. The van der Waals surface area contributed by atoms with Gasteiger partial charge in [-0.3, -0.25) is 9.59 Å². The minimum Gasteiger partial charge on any atom is -0.369 e. The van der Waals surface area contributed by atoms with Crippen LogP contribution in [-0.2, 0) is 9.59 Å². The number of primary amides is 1. The standard InChI is InChI=1S/C13H25N3O2/c1-4-9(2)15-7-12(17)16-8-11(13(14)18)6-5-10(16)3/h9-11,15H,4-8H2,1-3H3,(H2,14,18). The van der Waals surface area contributed by atoms with Gasteiger partial charge in [0, 0.05) is 18.6 Å². The Kier molecular flexibility index (Phi) is 5.59. The van der Waals surface area contributed by atoms with Gasteiger partial charge in [-0.1, -0.05) is 6.92 Å². The zero-order chi connectivity index (χ0) is 13.7. The molecule has 18 heavy (non-hydrogen) atoms. The summed E-state index contributed by atoms with van der Waals surface area (Å²) in [7, 11) is 0. The lowest BCUT2D eigenvalue weighted by atomic mass is 9.93. The summed E-state index contributed by atoms with van der Waals surface area (Å²) in [4.78, 5) is 25.1. The van der Waals surface area contributed by atoms with Crippen molar-refractivity contribution in [2.45, 2.75) is 52.1 Å². The van der Waals surface area contributed by atoms with E-state index in [4.69, 9.17) is 5.73 Å². The van der Waals surface area contributed by atoms with Crippen LogP contribution in [0.3, 0.4) is 0 Å². The summed E-state index contributed by atoms with van der Waals surface area (Å²) in [5.74, 6) is -0.419. The van der Waals surface area contributed by atoms with Gasteiger partial charge >= 0.3 is 0 Å². The van der Waals surface area contributed by atoms with E-state index in [0.717, 1.165) is 19.3 Å². The molecule has 3 atom stereocenters. The summed E-state index contributed by atoms with van der Waals surface area (Å²) in [6, 6.07) is 0.535. The highest BCUT2D eigenvalue weighted by Gasteiger charge is 2.31. The normalized spacial score (nSPS) is 25.8. The maximum Gasteiger partial charge on any atom is 0.236 e. The van der Waals surface area contributed by atoms with Gasteiger partial charge < -0.3 is 16.0 Å². The Labute approximate surface area is 109 Å². The third kappa shape index (κ3) is 3.98. The molecule has 104 valence electrons. The highest BCUT2D eigenvalue weighted by molar-refractivity contribution is 5.81. The maximum atomic E-state index is 12.1. The van der Waals surface area contributed by atoms with Crippen molar-refractivity contribution in [3.63, 3.8) is 0 Å². The Balaban J connectivity index is 2.51. The summed E-state index contributed by atoms with van der Waals surface area (Å²) in [5.41, 5.74) is 5.33. The van der Waals surface area contributed by atoms with E-state index in [1.165, 1.54) is 0 Å². The molecular formula is C13H25N3O2. The molecule has 1 aliphatic rings. The number of hydrogen-bond donors (Lipinski definition) is 2. The molecule has 3 N–H and O–H groups in total.